The van der Waals surface area contributed by atoms with E-state index in [0.717, 1.165) is 22.4 Å². The van der Waals surface area contributed by atoms with Crippen molar-refractivity contribution in [2.75, 3.05) is 20.8 Å². The summed E-state index contributed by atoms with van der Waals surface area (Å²) in [5, 5.41) is 10.5. The van der Waals surface area contributed by atoms with Crippen LogP contribution in [-0.2, 0) is 11.3 Å². The summed E-state index contributed by atoms with van der Waals surface area (Å²) in [4.78, 5) is 0. The number of methoxy groups -OCH3 is 2. The fourth-order valence-corrected chi connectivity index (χ4v) is 3.64. The monoisotopic (exact) mass is 392 g/mol. The molecule has 0 spiro atoms. The normalized spacial score (nSPS) is 17.4. The third-order valence-electron chi connectivity index (χ3n) is 5.14. The van der Waals surface area contributed by atoms with Gasteiger partial charge in [0.15, 0.2) is 11.5 Å². The van der Waals surface area contributed by atoms with Crippen LogP contribution in [0.4, 0.5) is 0 Å². The molecule has 150 valence electrons. The highest BCUT2D eigenvalue weighted by atomic mass is 16.5. The van der Waals surface area contributed by atoms with Crippen molar-refractivity contribution in [3.63, 3.8) is 0 Å². The lowest BCUT2D eigenvalue weighted by Gasteiger charge is -2.19. The highest BCUT2D eigenvalue weighted by Gasteiger charge is 2.36. The minimum absolute atomic E-state index is 0.0301. The van der Waals surface area contributed by atoms with Gasteiger partial charge in [-0.2, -0.15) is 0 Å². The van der Waals surface area contributed by atoms with Gasteiger partial charge in [-0.25, -0.2) is 0 Å². The van der Waals surface area contributed by atoms with Crippen molar-refractivity contribution in [2.24, 2.45) is 0 Å². The van der Waals surface area contributed by atoms with Gasteiger partial charge in [0.05, 0.1) is 19.6 Å². The summed E-state index contributed by atoms with van der Waals surface area (Å²) in [6.45, 7) is 0.851. The van der Waals surface area contributed by atoms with Crippen LogP contribution in [0.25, 0.3) is 0 Å². The maximum absolute atomic E-state index is 10.5. The number of fused-ring (bicyclic) bond motifs is 1. The third kappa shape index (κ3) is 4.00. The van der Waals surface area contributed by atoms with Crippen LogP contribution in [0, 0.1) is 0 Å². The van der Waals surface area contributed by atoms with E-state index >= 15 is 0 Å². The van der Waals surface area contributed by atoms with Crippen LogP contribution in [0.3, 0.4) is 0 Å². The van der Waals surface area contributed by atoms with E-state index in [0.29, 0.717) is 24.7 Å². The van der Waals surface area contributed by atoms with Crippen LogP contribution in [0.5, 0.6) is 23.0 Å². The molecule has 0 amide bonds. The topological polar surface area (TPSA) is 57.2 Å². The van der Waals surface area contributed by atoms with Crippen molar-refractivity contribution in [1.82, 2.24) is 0 Å². The quantitative estimate of drug-likeness (QED) is 0.623. The molecule has 0 bridgehead atoms. The number of phenolic OH excluding ortho intramolecular Hbond substituents is 1. The lowest BCUT2D eigenvalue weighted by molar-refractivity contribution is 0.124. The minimum Gasteiger partial charge on any atom is -0.504 e. The summed E-state index contributed by atoms with van der Waals surface area (Å²) in [6.07, 6.45) is -0.209. The van der Waals surface area contributed by atoms with E-state index in [2.05, 4.69) is 0 Å². The van der Waals surface area contributed by atoms with Gasteiger partial charge >= 0.3 is 0 Å². The Kier molecular flexibility index (Phi) is 5.58. The van der Waals surface area contributed by atoms with E-state index in [9.17, 15) is 5.11 Å². The number of benzene rings is 3. The number of aromatic hydroxyl groups is 1. The van der Waals surface area contributed by atoms with Crippen LogP contribution in [-0.4, -0.2) is 25.9 Å². The molecule has 3 aromatic carbocycles. The molecule has 1 aliphatic heterocycles. The summed E-state index contributed by atoms with van der Waals surface area (Å²) in [7, 11) is 3.31. The van der Waals surface area contributed by atoms with E-state index in [1.807, 2.05) is 54.6 Å². The molecule has 0 saturated carbocycles. The van der Waals surface area contributed by atoms with Crippen molar-refractivity contribution in [3.05, 3.63) is 83.4 Å². The Bertz CT molecular complexity index is 953. The van der Waals surface area contributed by atoms with E-state index in [-0.39, 0.29) is 17.8 Å². The average Bonchev–Trinajstić information content (AvgIpc) is 3.10. The number of phenols is 1. The van der Waals surface area contributed by atoms with E-state index < -0.39 is 0 Å². The molecule has 5 heteroatoms. The van der Waals surface area contributed by atoms with Crippen molar-refractivity contribution >= 4 is 0 Å². The Hall–Kier alpha value is -3.18. The summed E-state index contributed by atoms with van der Waals surface area (Å²) >= 11 is 0. The van der Waals surface area contributed by atoms with Crippen LogP contribution < -0.4 is 14.2 Å². The maximum Gasteiger partial charge on any atom is 0.165 e. The first kappa shape index (κ1) is 19.2. The number of hydrogen-bond acceptors (Lipinski definition) is 5. The average molecular weight is 392 g/mol. The summed E-state index contributed by atoms with van der Waals surface area (Å²) in [5.41, 5.74) is 2.97. The van der Waals surface area contributed by atoms with Gasteiger partial charge in [0, 0.05) is 18.7 Å². The zero-order chi connectivity index (χ0) is 20.2. The third-order valence-corrected chi connectivity index (χ3v) is 5.14. The Morgan fingerprint density at radius 3 is 2.41 bits per heavy atom. The second-order valence-electron chi connectivity index (χ2n) is 7.01. The van der Waals surface area contributed by atoms with Gasteiger partial charge in [0.2, 0.25) is 0 Å². The smallest absolute Gasteiger partial charge is 0.165 e. The minimum atomic E-state index is -0.209. The number of ether oxygens (including phenoxy) is 4. The summed E-state index contributed by atoms with van der Waals surface area (Å²) in [5.74, 6) is 1.96. The molecule has 0 aliphatic carbocycles. The standard InChI is InChI=1S/C24H24O5/c1-26-15-20-19-12-21(25)23(28-14-16-6-4-3-5-7-16)13-22(19)29-24(20)17-8-10-18(27-2)11-9-17/h3-13,20,24-25H,14-15H2,1-2H3. The zero-order valence-corrected chi connectivity index (χ0v) is 16.5. The largest absolute Gasteiger partial charge is 0.504 e. The van der Waals surface area contributed by atoms with Gasteiger partial charge in [0.1, 0.15) is 24.2 Å². The van der Waals surface area contributed by atoms with Gasteiger partial charge in [-0.05, 0) is 29.3 Å². The van der Waals surface area contributed by atoms with Crippen LogP contribution >= 0.6 is 0 Å². The van der Waals surface area contributed by atoms with Crippen LogP contribution in [0.1, 0.15) is 28.7 Å². The van der Waals surface area contributed by atoms with Gasteiger partial charge in [-0.3, -0.25) is 0 Å². The van der Waals surface area contributed by atoms with Crippen LogP contribution in [0.2, 0.25) is 0 Å². The van der Waals surface area contributed by atoms with Crippen molar-refractivity contribution in [3.8, 4) is 23.0 Å². The molecule has 29 heavy (non-hydrogen) atoms. The molecule has 3 aromatic rings. The molecule has 5 nitrogen and oxygen atoms in total. The van der Waals surface area contributed by atoms with Crippen molar-refractivity contribution in [2.45, 2.75) is 18.6 Å². The molecule has 0 aromatic heterocycles. The van der Waals surface area contributed by atoms with Gasteiger partial charge in [-0.1, -0.05) is 42.5 Å². The maximum atomic E-state index is 10.5. The number of rotatable bonds is 7. The molecular formula is C24H24O5. The second kappa shape index (κ2) is 8.45. The van der Waals surface area contributed by atoms with Crippen LogP contribution in [0.15, 0.2) is 66.7 Å². The molecule has 0 saturated heterocycles. The predicted molar refractivity (Wildman–Crippen MR) is 110 cm³/mol. The summed E-state index contributed by atoms with van der Waals surface area (Å²) in [6, 6.07) is 21.1. The first-order valence-corrected chi connectivity index (χ1v) is 9.52. The molecule has 1 N–H and O–H groups in total. The Morgan fingerprint density at radius 2 is 1.72 bits per heavy atom. The van der Waals surface area contributed by atoms with E-state index in [1.165, 1.54) is 0 Å². The first-order valence-electron chi connectivity index (χ1n) is 9.52. The Morgan fingerprint density at radius 1 is 0.966 bits per heavy atom. The zero-order valence-electron chi connectivity index (χ0n) is 16.5. The fraction of sp³-hybridized carbons (Fsp3) is 0.250. The summed E-state index contributed by atoms with van der Waals surface area (Å²) < 4.78 is 22.8. The lowest BCUT2D eigenvalue weighted by Crippen LogP contribution is -2.14. The van der Waals surface area contributed by atoms with E-state index in [1.54, 1.807) is 26.4 Å². The van der Waals surface area contributed by atoms with Gasteiger partial charge in [-0.15, -0.1) is 0 Å². The molecular weight excluding hydrogens is 368 g/mol. The lowest BCUT2D eigenvalue weighted by atomic mass is 9.91. The molecule has 1 heterocycles. The SMILES string of the molecule is COCC1c2cc(O)c(OCc3ccccc3)cc2OC1c1ccc(OC)cc1. The Labute approximate surface area is 170 Å². The predicted octanol–water partition coefficient (Wildman–Crippen LogP) is 4.84. The molecule has 2 unspecified atom stereocenters. The molecule has 0 radical (unpaired) electrons. The first-order chi connectivity index (χ1) is 14.2. The fourth-order valence-electron chi connectivity index (χ4n) is 3.64. The molecule has 2 atom stereocenters. The second-order valence-corrected chi connectivity index (χ2v) is 7.01. The number of hydrogen-bond donors (Lipinski definition) is 1. The Balaban J connectivity index is 1.59. The highest BCUT2D eigenvalue weighted by Crippen LogP contribution is 2.50. The van der Waals surface area contributed by atoms with Gasteiger partial charge in [0.25, 0.3) is 0 Å². The van der Waals surface area contributed by atoms with Crippen molar-refractivity contribution in [1.29, 1.82) is 0 Å². The highest BCUT2D eigenvalue weighted by molar-refractivity contribution is 5.54. The molecule has 0 fully saturated rings. The molecule has 4 rings (SSSR count). The van der Waals surface area contributed by atoms with E-state index in [4.69, 9.17) is 18.9 Å². The van der Waals surface area contributed by atoms with Crippen molar-refractivity contribution < 1.29 is 24.1 Å². The molecule has 1 aliphatic rings. The van der Waals surface area contributed by atoms with Gasteiger partial charge < -0.3 is 24.1 Å².